The Kier molecular flexibility index (Phi) is 5.96. The summed E-state index contributed by atoms with van der Waals surface area (Å²) in [6, 6.07) is 0. The molecule has 4 heteroatoms. The van der Waals surface area contributed by atoms with Crippen LogP contribution in [0.1, 0.15) is 20.8 Å². The third-order valence-electron chi connectivity index (χ3n) is 1.74. The Morgan fingerprint density at radius 3 is 2.25 bits per heavy atom. The summed E-state index contributed by atoms with van der Waals surface area (Å²) in [6.45, 7) is 11.5. The highest BCUT2D eigenvalue weighted by molar-refractivity contribution is 5.31. The third-order valence-corrected chi connectivity index (χ3v) is 1.74. The average Bonchev–Trinajstić information content (AvgIpc) is 2.14. The zero-order valence-electron chi connectivity index (χ0n) is 9.98. The van der Waals surface area contributed by atoms with Crippen LogP contribution in [0.3, 0.4) is 0 Å². The van der Waals surface area contributed by atoms with E-state index in [1.807, 2.05) is 6.92 Å². The summed E-state index contributed by atoms with van der Waals surface area (Å²) in [4.78, 5) is 0. The summed E-state index contributed by atoms with van der Waals surface area (Å²) in [6.07, 6.45) is -1.50. The quantitative estimate of drug-likeness (QED) is 0.379. The molecule has 0 saturated heterocycles. The fourth-order valence-corrected chi connectivity index (χ4v) is 1.03. The van der Waals surface area contributed by atoms with Crippen LogP contribution in [0.2, 0.25) is 0 Å². The van der Waals surface area contributed by atoms with Gasteiger partial charge in [0.25, 0.3) is 0 Å². The molecule has 0 amide bonds. The lowest BCUT2D eigenvalue weighted by molar-refractivity contribution is -0.227. The van der Waals surface area contributed by atoms with Crippen molar-refractivity contribution in [3.8, 4) is 0 Å². The Morgan fingerprint density at radius 1 is 1.31 bits per heavy atom. The Balaban J connectivity index is 4.17. The normalized spacial score (nSPS) is 13.1. The summed E-state index contributed by atoms with van der Waals surface area (Å²) in [5, 5.41) is 0. The second-order valence-electron chi connectivity index (χ2n) is 3.50. The third kappa shape index (κ3) is 6.35. The predicted octanol–water partition coefficient (Wildman–Crippen LogP) is 3.67. The van der Waals surface area contributed by atoms with Crippen LogP contribution in [0.5, 0.6) is 0 Å². The van der Waals surface area contributed by atoms with Crippen molar-refractivity contribution in [1.29, 1.82) is 0 Å². The standard InChI is InChI=1S/C12H18F2O2/c1-6-10(4)11(9(2)3)15-7-8-16-12(5,13)14/h6H,1-2,7-8H2,3-5H3/b11-10+. The monoisotopic (exact) mass is 232 g/mol. The van der Waals surface area contributed by atoms with Gasteiger partial charge in [-0.05, 0) is 25.0 Å². The highest BCUT2D eigenvalue weighted by Crippen LogP contribution is 2.16. The molecule has 0 fully saturated rings. The number of halogens is 2. The second kappa shape index (κ2) is 6.43. The van der Waals surface area contributed by atoms with E-state index < -0.39 is 6.11 Å². The summed E-state index contributed by atoms with van der Waals surface area (Å²) in [5.41, 5.74) is 1.54. The number of alkyl halides is 2. The minimum Gasteiger partial charge on any atom is -0.491 e. The molecule has 92 valence electrons. The Labute approximate surface area is 95.2 Å². The van der Waals surface area contributed by atoms with Crippen LogP contribution >= 0.6 is 0 Å². The zero-order chi connectivity index (χ0) is 12.8. The summed E-state index contributed by atoms with van der Waals surface area (Å²) in [5.74, 6) is 0.568. The van der Waals surface area contributed by atoms with Crippen molar-refractivity contribution in [2.45, 2.75) is 26.9 Å². The van der Waals surface area contributed by atoms with Gasteiger partial charge in [0.15, 0.2) is 0 Å². The molecule has 0 atom stereocenters. The van der Waals surface area contributed by atoms with Gasteiger partial charge in [0.05, 0.1) is 6.61 Å². The van der Waals surface area contributed by atoms with E-state index in [0.29, 0.717) is 12.7 Å². The van der Waals surface area contributed by atoms with E-state index in [9.17, 15) is 8.78 Å². The molecule has 0 spiro atoms. The molecule has 0 aromatic rings. The molecule has 0 bridgehead atoms. The van der Waals surface area contributed by atoms with E-state index in [1.54, 1.807) is 13.0 Å². The molecular formula is C12H18F2O2. The van der Waals surface area contributed by atoms with Gasteiger partial charge in [-0.3, -0.25) is 0 Å². The number of allylic oxidation sites excluding steroid dienone is 3. The number of ether oxygens (including phenoxy) is 2. The first-order chi connectivity index (χ1) is 7.28. The maximum atomic E-state index is 12.3. The molecule has 0 heterocycles. The molecule has 0 unspecified atom stereocenters. The fourth-order valence-electron chi connectivity index (χ4n) is 1.03. The van der Waals surface area contributed by atoms with Crippen molar-refractivity contribution < 1.29 is 18.3 Å². The van der Waals surface area contributed by atoms with Crippen molar-refractivity contribution in [2.75, 3.05) is 13.2 Å². The van der Waals surface area contributed by atoms with Crippen LogP contribution in [0.15, 0.2) is 36.1 Å². The van der Waals surface area contributed by atoms with E-state index in [4.69, 9.17) is 4.74 Å². The maximum absolute atomic E-state index is 12.3. The van der Waals surface area contributed by atoms with Crippen LogP contribution in [0.4, 0.5) is 8.78 Å². The Hall–Kier alpha value is -1.16. The summed E-state index contributed by atoms with van der Waals surface area (Å²) >= 11 is 0. The van der Waals surface area contributed by atoms with Crippen LogP contribution in [0.25, 0.3) is 0 Å². The molecule has 0 rings (SSSR count). The van der Waals surface area contributed by atoms with Crippen molar-refractivity contribution in [3.05, 3.63) is 36.1 Å². The first-order valence-corrected chi connectivity index (χ1v) is 4.91. The van der Waals surface area contributed by atoms with Gasteiger partial charge in [-0.1, -0.05) is 19.2 Å². The van der Waals surface area contributed by atoms with Gasteiger partial charge in [-0.2, -0.15) is 8.78 Å². The van der Waals surface area contributed by atoms with Crippen molar-refractivity contribution >= 4 is 0 Å². The Bertz CT molecular complexity index is 288. The summed E-state index contributed by atoms with van der Waals surface area (Å²) in [7, 11) is 0. The largest absolute Gasteiger partial charge is 0.491 e. The van der Waals surface area contributed by atoms with Crippen LogP contribution < -0.4 is 0 Å². The van der Waals surface area contributed by atoms with E-state index in [0.717, 1.165) is 11.1 Å². The topological polar surface area (TPSA) is 18.5 Å². The van der Waals surface area contributed by atoms with E-state index in [1.165, 1.54) is 0 Å². The van der Waals surface area contributed by atoms with Gasteiger partial charge in [0.2, 0.25) is 0 Å². The minimum atomic E-state index is -3.12. The van der Waals surface area contributed by atoms with Crippen molar-refractivity contribution in [1.82, 2.24) is 0 Å². The number of hydrogen-bond acceptors (Lipinski definition) is 2. The van der Waals surface area contributed by atoms with Crippen molar-refractivity contribution in [3.63, 3.8) is 0 Å². The molecule has 0 saturated carbocycles. The van der Waals surface area contributed by atoms with E-state index in [-0.39, 0.29) is 13.2 Å². The van der Waals surface area contributed by atoms with Crippen LogP contribution in [-0.4, -0.2) is 19.3 Å². The van der Waals surface area contributed by atoms with Gasteiger partial charge in [-0.25, -0.2) is 0 Å². The Morgan fingerprint density at radius 2 is 1.88 bits per heavy atom. The van der Waals surface area contributed by atoms with Gasteiger partial charge in [0, 0.05) is 6.92 Å². The zero-order valence-corrected chi connectivity index (χ0v) is 9.98. The number of rotatable bonds is 7. The second-order valence-corrected chi connectivity index (χ2v) is 3.50. The molecule has 0 N–H and O–H groups in total. The van der Waals surface area contributed by atoms with Crippen LogP contribution in [0, 0.1) is 0 Å². The molecule has 0 radical (unpaired) electrons. The highest BCUT2D eigenvalue weighted by Gasteiger charge is 2.21. The molecule has 0 aromatic heterocycles. The molecular weight excluding hydrogens is 214 g/mol. The SMILES string of the molecule is C=C/C(C)=C(/OCCOC(C)(F)F)C(=C)C. The molecule has 0 aliphatic heterocycles. The number of hydrogen-bond donors (Lipinski definition) is 0. The first kappa shape index (κ1) is 14.8. The van der Waals surface area contributed by atoms with Gasteiger partial charge in [-0.15, -0.1) is 0 Å². The van der Waals surface area contributed by atoms with Crippen molar-refractivity contribution in [2.24, 2.45) is 0 Å². The first-order valence-electron chi connectivity index (χ1n) is 4.91. The van der Waals surface area contributed by atoms with Gasteiger partial charge in [0.1, 0.15) is 12.4 Å². The predicted molar refractivity (Wildman–Crippen MR) is 60.2 cm³/mol. The lowest BCUT2D eigenvalue weighted by atomic mass is 10.2. The molecule has 0 aromatic carbocycles. The lowest BCUT2D eigenvalue weighted by Crippen LogP contribution is -2.18. The molecule has 0 aliphatic rings. The summed E-state index contributed by atoms with van der Waals surface area (Å²) < 4.78 is 34.2. The van der Waals surface area contributed by atoms with E-state index in [2.05, 4.69) is 17.9 Å². The highest BCUT2D eigenvalue weighted by atomic mass is 19.3. The minimum absolute atomic E-state index is 0.0524. The maximum Gasteiger partial charge on any atom is 0.353 e. The van der Waals surface area contributed by atoms with Gasteiger partial charge >= 0.3 is 6.11 Å². The van der Waals surface area contributed by atoms with Crippen LogP contribution in [-0.2, 0) is 9.47 Å². The lowest BCUT2D eigenvalue weighted by Gasteiger charge is -2.15. The van der Waals surface area contributed by atoms with Gasteiger partial charge < -0.3 is 9.47 Å². The molecule has 0 aliphatic carbocycles. The molecule has 16 heavy (non-hydrogen) atoms. The fraction of sp³-hybridized carbons (Fsp3) is 0.500. The average molecular weight is 232 g/mol. The smallest absolute Gasteiger partial charge is 0.353 e. The molecule has 2 nitrogen and oxygen atoms in total. The van der Waals surface area contributed by atoms with E-state index >= 15 is 0 Å².